The molecule has 0 amide bonds. The van der Waals surface area contributed by atoms with Gasteiger partial charge in [-0.3, -0.25) is 4.79 Å². The van der Waals surface area contributed by atoms with E-state index >= 15 is 0 Å². The lowest BCUT2D eigenvalue weighted by atomic mass is 10.1. The molecule has 1 saturated carbocycles. The minimum Gasteiger partial charge on any atom is -0.368 e. The number of nitrogens with zero attached hydrogens (tertiary/aromatic N) is 1. The number of rotatable bonds is 4. The van der Waals surface area contributed by atoms with Crippen molar-refractivity contribution in [3.8, 4) is 0 Å². The van der Waals surface area contributed by atoms with Gasteiger partial charge in [-0.1, -0.05) is 25.0 Å². The van der Waals surface area contributed by atoms with Gasteiger partial charge in [-0.15, -0.1) is 0 Å². The molecule has 1 aromatic carbocycles. The largest absolute Gasteiger partial charge is 0.368 e. The van der Waals surface area contributed by atoms with E-state index in [2.05, 4.69) is 17.9 Å². The molecule has 0 aromatic heterocycles. The molecule has 0 bridgehead atoms. The van der Waals surface area contributed by atoms with Crippen molar-refractivity contribution < 1.29 is 4.79 Å². The molecule has 17 heavy (non-hydrogen) atoms. The van der Waals surface area contributed by atoms with Gasteiger partial charge in [0.05, 0.1) is 0 Å². The second kappa shape index (κ2) is 5.35. The molecule has 2 heteroatoms. The first-order chi connectivity index (χ1) is 8.24. The van der Waals surface area contributed by atoms with Gasteiger partial charge in [0, 0.05) is 23.8 Å². The number of ketones is 1. The van der Waals surface area contributed by atoms with Crippen LogP contribution >= 0.6 is 0 Å². The van der Waals surface area contributed by atoms with Crippen LogP contribution in [-0.4, -0.2) is 18.4 Å². The van der Waals surface area contributed by atoms with Gasteiger partial charge >= 0.3 is 0 Å². The molecule has 2 nitrogen and oxygen atoms in total. The molecule has 1 fully saturated rings. The van der Waals surface area contributed by atoms with Crippen LogP contribution in [0.2, 0.25) is 0 Å². The smallest absolute Gasteiger partial charge is 0.161 e. The van der Waals surface area contributed by atoms with Crippen LogP contribution in [0.3, 0.4) is 0 Å². The van der Waals surface area contributed by atoms with Gasteiger partial charge < -0.3 is 4.90 Å². The van der Waals surface area contributed by atoms with E-state index in [0.717, 1.165) is 17.8 Å². The lowest BCUT2D eigenvalue weighted by Crippen LogP contribution is -2.34. The van der Waals surface area contributed by atoms with E-state index in [-0.39, 0.29) is 5.78 Å². The molecule has 0 unspecified atom stereocenters. The highest BCUT2D eigenvalue weighted by molar-refractivity contribution is 5.99. The van der Waals surface area contributed by atoms with Crippen molar-refractivity contribution in [3.63, 3.8) is 0 Å². The van der Waals surface area contributed by atoms with E-state index in [1.54, 1.807) is 6.92 Å². The van der Waals surface area contributed by atoms with Crippen molar-refractivity contribution in [3.05, 3.63) is 29.8 Å². The molecule has 0 radical (unpaired) electrons. The van der Waals surface area contributed by atoms with Crippen LogP contribution in [0.1, 0.15) is 49.9 Å². The summed E-state index contributed by atoms with van der Waals surface area (Å²) >= 11 is 0. The Balaban J connectivity index is 2.32. The Labute approximate surface area is 104 Å². The summed E-state index contributed by atoms with van der Waals surface area (Å²) < 4.78 is 0. The van der Waals surface area contributed by atoms with Crippen LogP contribution in [0.5, 0.6) is 0 Å². The average Bonchev–Trinajstić information content (AvgIpc) is 2.84. The predicted molar refractivity (Wildman–Crippen MR) is 71.7 cm³/mol. The number of para-hydroxylation sites is 1. The van der Waals surface area contributed by atoms with E-state index in [4.69, 9.17) is 0 Å². The third-order valence-corrected chi connectivity index (χ3v) is 3.70. The van der Waals surface area contributed by atoms with Gasteiger partial charge in [0.25, 0.3) is 0 Å². The Morgan fingerprint density at radius 2 is 1.94 bits per heavy atom. The highest BCUT2D eigenvalue weighted by atomic mass is 16.1. The number of benzene rings is 1. The summed E-state index contributed by atoms with van der Waals surface area (Å²) in [5.74, 6) is 0.164. The zero-order valence-corrected chi connectivity index (χ0v) is 10.8. The fourth-order valence-electron chi connectivity index (χ4n) is 2.86. The zero-order valence-electron chi connectivity index (χ0n) is 10.8. The van der Waals surface area contributed by atoms with Gasteiger partial charge in [0.2, 0.25) is 0 Å². The number of anilines is 1. The van der Waals surface area contributed by atoms with Gasteiger partial charge in [-0.25, -0.2) is 0 Å². The summed E-state index contributed by atoms with van der Waals surface area (Å²) in [6.07, 6.45) is 5.17. The van der Waals surface area contributed by atoms with Crippen LogP contribution in [0.25, 0.3) is 0 Å². The first-order valence-corrected chi connectivity index (χ1v) is 6.60. The Bertz CT molecular complexity index is 394. The Kier molecular flexibility index (Phi) is 3.82. The molecule has 0 aliphatic heterocycles. The molecular weight excluding hydrogens is 210 g/mol. The summed E-state index contributed by atoms with van der Waals surface area (Å²) in [6.45, 7) is 4.81. The topological polar surface area (TPSA) is 20.3 Å². The molecule has 2 rings (SSSR count). The van der Waals surface area contributed by atoms with Crippen molar-refractivity contribution in [2.75, 3.05) is 11.4 Å². The van der Waals surface area contributed by atoms with E-state index in [9.17, 15) is 4.79 Å². The SMILES string of the molecule is CCN(c1ccccc1C(C)=O)C1CCCC1. The lowest BCUT2D eigenvalue weighted by Gasteiger charge is -2.31. The number of carbonyl (C=O) groups is 1. The number of carbonyl (C=O) groups excluding carboxylic acids is 1. The number of hydrogen-bond donors (Lipinski definition) is 0. The molecule has 0 spiro atoms. The fourth-order valence-corrected chi connectivity index (χ4v) is 2.86. The highest BCUT2D eigenvalue weighted by Gasteiger charge is 2.23. The minimum atomic E-state index is 0.164. The van der Waals surface area contributed by atoms with Crippen molar-refractivity contribution in [1.82, 2.24) is 0 Å². The Morgan fingerprint density at radius 3 is 2.53 bits per heavy atom. The van der Waals surface area contributed by atoms with Crippen molar-refractivity contribution in [1.29, 1.82) is 0 Å². The first-order valence-electron chi connectivity index (χ1n) is 6.60. The molecule has 0 atom stereocenters. The van der Waals surface area contributed by atoms with Crippen molar-refractivity contribution >= 4 is 11.5 Å². The summed E-state index contributed by atoms with van der Waals surface area (Å²) in [7, 11) is 0. The summed E-state index contributed by atoms with van der Waals surface area (Å²) in [5.41, 5.74) is 1.98. The summed E-state index contributed by atoms with van der Waals surface area (Å²) in [4.78, 5) is 14.1. The molecule has 92 valence electrons. The monoisotopic (exact) mass is 231 g/mol. The first kappa shape index (κ1) is 12.2. The second-order valence-corrected chi connectivity index (χ2v) is 4.80. The molecule has 0 N–H and O–H groups in total. The second-order valence-electron chi connectivity index (χ2n) is 4.80. The van der Waals surface area contributed by atoms with E-state index < -0.39 is 0 Å². The van der Waals surface area contributed by atoms with Crippen molar-refractivity contribution in [2.45, 2.75) is 45.6 Å². The van der Waals surface area contributed by atoms with Crippen LogP contribution in [0.4, 0.5) is 5.69 Å². The molecular formula is C15H21NO. The van der Waals surface area contributed by atoms with Gasteiger partial charge in [-0.05, 0) is 38.8 Å². The summed E-state index contributed by atoms with van der Waals surface area (Å²) in [6, 6.07) is 8.62. The fraction of sp³-hybridized carbons (Fsp3) is 0.533. The highest BCUT2D eigenvalue weighted by Crippen LogP contribution is 2.30. The Morgan fingerprint density at radius 1 is 1.29 bits per heavy atom. The minimum absolute atomic E-state index is 0.164. The van der Waals surface area contributed by atoms with E-state index in [1.165, 1.54) is 25.7 Å². The Hall–Kier alpha value is -1.31. The lowest BCUT2D eigenvalue weighted by molar-refractivity contribution is 0.101. The average molecular weight is 231 g/mol. The van der Waals surface area contributed by atoms with Gasteiger partial charge in [0.15, 0.2) is 5.78 Å². The standard InChI is InChI=1S/C15H21NO/c1-3-16(13-8-4-5-9-13)15-11-7-6-10-14(15)12(2)17/h6-7,10-11,13H,3-5,8-9H2,1-2H3. The van der Waals surface area contributed by atoms with Crippen LogP contribution in [0.15, 0.2) is 24.3 Å². The quantitative estimate of drug-likeness (QED) is 0.737. The normalized spacial score (nSPS) is 16.1. The maximum Gasteiger partial charge on any atom is 0.161 e. The van der Waals surface area contributed by atoms with Crippen LogP contribution < -0.4 is 4.90 Å². The molecule has 1 aromatic rings. The van der Waals surface area contributed by atoms with E-state index in [0.29, 0.717) is 6.04 Å². The predicted octanol–water partition coefficient (Wildman–Crippen LogP) is 3.66. The molecule has 1 aliphatic carbocycles. The molecule has 1 aliphatic rings. The zero-order chi connectivity index (χ0) is 12.3. The number of hydrogen-bond acceptors (Lipinski definition) is 2. The summed E-state index contributed by atoms with van der Waals surface area (Å²) in [5, 5.41) is 0. The molecule has 0 heterocycles. The maximum absolute atomic E-state index is 11.7. The van der Waals surface area contributed by atoms with Crippen LogP contribution in [0, 0.1) is 0 Å². The van der Waals surface area contributed by atoms with Crippen LogP contribution in [-0.2, 0) is 0 Å². The third-order valence-electron chi connectivity index (χ3n) is 3.70. The third kappa shape index (κ3) is 2.51. The van der Waals surface area contributed by atoms with Gasteiger partial charge in [-0.2, -0.15) is 0 Å². The van der Waals surface area contributed by atoms with E-state index in [1.807, 2.05) is 18.2 Å². The van der Waals surface area contributed by atoms with Crippen molar-refractivity contribution in [2.24, 2.45) is 0 Å². The van der Waals surface area contributed by atoms with Gasteiger partial charge in [0.1, 0.15) is 0 Å². The number of Topliss-reactive ketones (excluding diaryl/α,β-unsaturated/α-hetero) is 1. The maximum atomic E-state index is 11.7. The molecule has 0 saturated heterocycles.